The highest BCUT2D eigenvalue weighted by atomic mass is 32.1. The molecule has 0 saturated carbocycles. The largest absolute Gasteiger partial charge is 0.298 e. The zero-order valence-corrected chi connectivity index (χ0v) is 18.7. The number of non-ortho nitro benzene ring substituents is 1. The molecule has 0 fully saturated rings. The molecule has 0 aliphatic heterocycles. The lowest BCUT2D eigenvalue weighted by Crippen LogP contribution is -2.11. The van der Waals surface area contributed by atoms with Gasteiger partial charge in [-0.15, -0.1) is 0 Å². The van der Waals surface area contributed by atoms with Crippen molar-refractivity contribution in [2.75, 3.05) is 5.32 Å². The van der Waals surface area contributed by atoms with Crippen LogP contribution >= 0.6 is 11.3 Å². The summed E-state index contributed by atoms with van der Waals surface area (Å²) in [6, 6.07) is 19.8. The second kappa shape index (κ2) is 8.72. The quantitative estimate of drug-likeness (QED) is 0.279. The van der Waals surface area contributed by atoms with Gasteiger partial charge < -0.3 is 0 Å². The number of aromatic nitrogens is 1. The lowest BCUT2D eigenvalue weighted by atomic mass is 10.0. The number of nitro groups is 1. The fourth-order valence-electron chi connectivity index (χ4n) is 3.44. The number of rotatable bonds is 5. The Balaban J connectivity index is 1.76. The van der Waals surface area contributed by atoms with Gasteiger partial charge in [0, 0.05) is 23.3 Å². The van der Waals surface area contributed by atoms with Crippen LogP contribution in [0.2, 0.25) is 0 Å². The highest BCUT2D eigenvalue weighted by Crippen LogP contribution is 2.40. The SMILES string of the molecule is Cc1ccc(C(=O)Nc2nc(-c3ccc(C)cc3C)c(-c3ccc([N+](=O)[O-])cc3)s2)cc1. The van der Waals surface area contributed by atoms with Gasteiger partial charge in [0.15, 0.2) is 5.13 Å². The molecule has 0 unspecified atom stereocenters. The summed E-state index contributed by atoms with van der Waals surface area (Å²) in [6.45, 7) is 6.02. The molecule has 0 aliphatic carbocycles. The van der Waals surface area contributed by atoms with E-state index in [2.05, 4.69) is 11.4 Å². The normalized spacial score (nSPS) is 10.7. The Labute approximate surface area is 189 Å². The van der Waals surface area contributed by atoms with Gasteiger partial charge in [-0.05, 0) is 56.2 Å². The molecule has 1 amide bonds. The first-order valence-corrected chi connectivity index (χ1v) is 10.8. The highest BCUT2D eigenvalue weighted by Gasteiger charge is 2.19. The van der Waals surface area contributed by atoms with Gasteiger partial charge in [0.2, 0.25) is 0 Å². The third kappa shape index (κ3) is 4.43. The second-order valence-electron chi connectivity index (χ2n) is 7.64. The van der Waals surface area contributed by atoms with Gasteiger partial charge in [0.25, 0.3) is 11.6 Å². The van der Waals surface area contributed by atoms with Crippen LogP contribution in [0.15, 0.2) is 66.7 Å². The van der Waals surface area contributed by atoms with Crippen molar-refractivity contribution in [1.82, 2.24) is 4.98 Å². The summed E-state index contributed by atoms with van der Waals surface area (Å²) >= 11 is 1.35. The summed E-state index contributed by atoms with van der Waals surface area (Å²) in [5.74, 6) is -0.235. The number of carbonyl (C=O) groups excluding carboxylic acids is 1. The molecule has 4 rings (SSSR count). The maximum Gasteiger partial charge on any atom is 0.269 e. The molecule has 0 radical (unpaired) electrons. The van der Waals surface area contributed by atoms with E-state index in [9.17, 15) is 14.9 Å². The van der Waals surface area contributed by atoms with Crippen LogP contribution < -0.4 is 5.32 Å². The van der Waals surface area contributed by atoms with E-state index < -0.39 is 4.92 Å². The monoisotopic (exact) mass is 443 g/mol. The zero-order chi connectivity index (χ0) is 22.8. The van der Waals surface area contributed by atoms with Crippen molar-refractivity contribution in [2.24, 2.45) is 0 Å². The predicted molar refractivity (Wildman–Crippen MR) is 128 cm³/mol. The molecule has 0 spiro atoms. The van der Waals surface area contributed by atoms with Crippen molar-refractivity contribution in [3.63, 3.8) is 0 Å². The molecule has 3 aromatic carbocycles. The first-order chi connectivity index (χ1) is 15.3. The third-order valence-corrected chi connectivity index (χ3v) is 6.16. The first kappa shape index (κ1) is 21.4. The second-order valence-corrected chi connectivity index (χ2v) is 8.64. The summed E-state index contributed by atoms with van der Waals surface area (Å²) in [6.07, 6.45) is 0. The number of nitrogens with zero attached hydrogens (tertiary/aromatic N) is 2. The molecule has 1 N–H and O–H groups in total. The molecule has 160 valence electrons. The van der Waals surface area contributed by atoms with Gasteiger partial charge in [-0.1, -0.05) is 52.8 Å². The van der Waals surface area contributed by atoms with Crippen LogP contribution in [0.25, 0.3) is 21.7 Å². The predicted octanol–water partition coefficient (Wildman–Crippen LogP) is 6.56. The van der Waals surface area contributed by atoms with Crippen LogP contribution in [-0.4, -0.2) is 15.8 Å². The average molecular weight is 444 g/mol. The minimum Gasteiger partial charge on any atom is -0.298 e. The van der Waals surface area contributed by atoms with E-state index in [0.29, 0.717) is 10.7 Å². The van der Waals surface area contributed by atoms with Crippen LogP contribution in [0.1, 0.15) is 27.0 Å². The Bertz CT molecular complexity index is 1310. The topological polar surface area (TPSA) is 85.1 Å². The van der Waals surface area contributed by atoms with Gasteiger partial charge in [0.1, 0.15) is 0 Å². The molecular weight excluding hydrogens is 422 g/mol. The van der Waals surface area contributed by atoms with Gasteiger partial charge >= 0.3 is 0 Å². The minimum absolute atomic E-state index is 0.0271. The summed E-state index contributed by atoms with van der Waals surface area (Å²) in [5, 5.41) is 14.4. The van der Waals surface area contributed by atoms with Crippen molar-refractivity contribution < 1.29 is 9.72 Å². The summed E-state index contributed by atoms with van der Waals surface area (Å²) in [4.78, 5) is 28.9. The Kier molecular flexibility index (Phi) is 5.83. The summed E-state index contributed by atoms with van der Waals surface area (Å²) < 4.78 is 0. The van der Waals surface area contributed by atoms with E-state index in [1.165, 1.54) is 23.5 Å². The molecule has 7 heteroatoms. The zero-order valence-electron chi connectivity index (χ0n) is 17.9. The molecule has 0 atom stereocenters. The number of thiazole rings is 1. The number of hydrogen-bond donors (Lipinski definition) is 1. The average Bonchev–Trinajstić information content (AvgIpc) is 3.17. The Morgan fingerprint density at radius 1 is 0.938 bits per heavy atom. The van der Waals surface area contributed by atoms with Crippen molar-refractivity contribution in [1.29, 1.82) is 0 Å². The minimum atomic E-state index is -0.422. The maximum atomic E-state index is 12.7. The molecule has 0 aliphatic rings. The molecule has 1 aromatic heterocycles. The molecule has 32 heavy (non-hydrogen) atoms. The van der Waals surface area contributed by atoms with Crippen LogP contribution in [0.5, 0.6) is 0 Å². The summed E-state index contributed by atoms with van der Waals surface area (Å²) in [5.41, 5.74) is 6.36. The Morgan fingerprint density at radius 2 is 1.59 bits per heavy atom. The number of carbonyl (C=O) groups is 1. The van der Waals surface area contributed by atoms with E-state index in [-0.39, 0.29) is 11.6 Å². The molecule has 6 nitrogen and oxygen atoms in total. The van der Waals surface area contributed by atoms with Gasteiger partial charge in [-0.3, -0.25) is 20.2 Å². The number of nitrogens with one attached hydrogen (secondary N) is 1. The molecular formula is C25H21N3O3S. The third-order valence-electron chi connectivity index (χ3n) is 5.14. The molecule has 4 aromatic rings. The lowest BCUT2D eigenvalue weighted by molar-refractivity contribution is -0.384. The number of anilines is 1. The van der Waals surface area contributed by atoms with Crippen LogP contribution in [0.3, 0.4) is 0 Å². The van der Waals surface area contributed by atoms with Crippen LogP contribution in [-0.2, 0) is 0 Å². The first-order valence-electron chi connectivity index (χ1n) is 10.0. The van der Waals surface area contributed by atoms with Crippen molar-refractivity contribution in [2.45, 2.75) is 20.8 Å². The number of nitro benzene ring substituents is 1. The smallest absolute Gasteiger partial charge is 0.269 e. The Morgan fingerprint density at radius 3 is 2.22 bits per heavy atom. The van der Waals surface area contributed by atoms with Crippen LogP contribution in [0, 0.1) is 30.9 Å². The van der Waals surface area contributed by atoms with E-state index in [0.717, 1.165) is 38.4 Å². The molecule has 0 saturated heterocycles. The molecule has 0 bridgehead atoms. The lowest BCUT2D eigenvalue weighted by Gasteiger charge is -2.07. The number of hydrogen-bond acceptors (Lipinski definition) is 5. The highest BCUT2D eigenvalue weighted by molar-refractivity contribution is 7.19. The fraction of sp³-hybridized carbons (Fsp3) is 0.120. The summed E-state index contributed by atoms with van der Waals surface area (Å²) in [7, 11) is 0. The van der Waals surface area contributed by atoms with Gasteiger partial charge in [0.05, 0.1) is 15.5 Å². The van der Waals surface area contributed by atoms with E-state index in [1.54, 1.807) is 24.3 Å². The van der Waals surface area contributed by atoms with Crippen molar-refractivity contribution >= 4 is 28.1 Å². The standard InChI is InChI=1S/C25H21N3O3S/c1-15-4-7-19(8-5-15)24(29)27-25-26-22(21-13-6-16(2)14-17(21)3)23(32-25)18-9-11-20(12-10-18)28(30)31/h4-14H,1-3H3,(H,26,27,29). The van der Waals surface area contributed by atoms with Crippen molar-refractivity contribution in [3.8, 4) is 21.7 Å². The number of aryl methyl sites for hydroxylation is 3. The maximum absolute atomic E-state index is 12.7. The van der Waals surface area contributed by atoms with E-state index in [4.69, 9.17) is 4.98 Å². The Hall–Kier alpha value is -3.84. The van der Waals surface area contributed by atoms with E-state index in [1.807, 2.05) is 45.0 Å². The fourth-order valence-corrected chi connectivity index (χ4v) is 4.42. The van der Waals surface area contributed by atoms with Gasteiger partial charge in [-0.2, -0.15) is 0 Å². The van der Waals surface area contributed by atoms with Crippen molar-refractivity contribution in [3.05, 3.63) is 99.1 Å². The van der Waals surface area contributed by atoms with Crippen LogP contribution in [0.4, 0.5) is 10.8 Å². The van der Waals surface area contributed by atoms with Gasteiger partial charge in [-0.25, -0.2) is 4.98 Å². The number of benzene rings is 3. The molecule has 1 heterocycles. The number of amides is 1. The van der Waals surface area contributed by atoms with E-state index >= 15 is 0 Å².